The maximum atomic E-state index is 12.3. The van der Waals surface area contributed by atoms with Crippen molar-refractivity contribution in [2.75, 3.05) is 19.4 Å². The first-order valence-electron chi connectivity index (χ1n) is 6.82. The summed E-state index contributed by atoms with van der Waals surface area (Å²) in [6.45, 7) is 1.82. The Morgan fingerprint density at radius 3 is 2.43 bits per heavy atom. The molecule has 1 N–H and O–H groups in total. The smallest absolute Gasteiger partial charge is 0.255 e. The predicted octanol–water partition coefficient (Wildman–Crippen LogP) is 3.10. The molecule has 23 heavy (non-hydrogen) atoms. The fourth-order valence-corrected chi connectivity index (χ4v) is 3.40. The van der Waals surface area contributed by atoms with Crippen LogP contribution in [0.5, 0.6) is 0 Å². The molecule has 2 aromatic rings. The van der Waals surface area contributed by atoms with Gasteiger partial charge in [-0.25, -0.2) is 12.7 Å². The largest absolute Gasteiger partial charge is 0.322 e. The van der Waals surface area contributed by atoms with Crippen molar-refractivity contribution < 1.29 is 13.2 Å². The fraction of sp³-hybridized carbons (Fsp3) is 0.188. The standard InChI is InChI=1S/C16H17IN2O3S/c1-11-7-8-14(23(21,22)19(2)3)10-15(11)18-16(20)12-5-4-6-13(17)9-12/h4-10H,1-3H3,(H,18,20). The number of amides is 1. The molecule has 1 amide bonds. The average Bonchev–Trinajstić information content (AvgIpc) is 2.49. The molecular formula is C16H17IN2O3S. The molecule has 0 fully saturated rings. The number of carbonyl (C=O) groups is 1. The molecule has 7 heteroatoms. The summed E-state index contributed by atoms with van der Waals surface area (Å²) in [5.41, 5.74) is 1.80. The van der Waals surface area contributed by atoms with E-state index in [1.54, 1.807) is 24.3 Å². The Morgan fingerprint density at radius 2 is 1.83 bits per heavy atom. The minimum Gasteiger partial charge on any atom is -0.322 e. The van der Waals surface area contributed by atoms with Crippen LogP contribution in [0.4, 0.5) is 5.69 Å². The van der Waals surface area contributed by atoms with E-state index in [-0.39, 0.29) is 10.8 Å². The lowest BCUT2D eigenvalue weighted by Gasteiger charge is -2.14. The summed E-state index contributed by atoms with van der Waals surface area (Å²) < 4.78 is 26.5. The van der Waals surface area contributed by atoms with Crippen LogP contribution in [0.3, 0.4) is 0 Å². The van der Waals surface area contributed by atoms with Crippen LogP contribution in [0.2, 0.25) is 0 Å². The van der Waals surface area contributed by atoms with E-state index in [2.05, 4.69) is 27.9 Å². The topological polar surface area (TPSA) is 66.5 Å². The van der Waals surface area contributed by atoms with Gasteiger partial charge in [0.15, 0.2) is 0 Å². The molecule has 0 saturated heterocycles. The molecule has 0 spiro atoms. The molecule has 0 aliphatic rings. The van der Waals surface area contributed by atoms with Gasteiger partial charge in [0.05, 0.1) is 4.90 Å². The summed E-state index contributed by atoms with van der Waals surface area (Å²) in [5.74, 6) is -0.272. The van der Waals surface area contributed by atoms with E-state index in [1.165, 1.54) is 26.2 Å². The van der Waals surface area contributed by atoms with E-state index in [0.29, 0.717) is 11.3 Å². The molecule has 2 aromatic carbocycles. The Bertz CT molecular complexity index is 848. The van der Waals surface area contributed by atoms with Gasteiger partial charge in [0.1, 0.15) is 0 Å². The molecule has 0 saturated carbocycles. The van der Waals surface area contributed by atoms with Crippen LogP contribution in [-0.2, 0) is 10.0 Å². The van der Waals surface area contributed by atoms with Gasteiger partial charge in [-0.3, -0.25) is 4.79 Å². The number of nitrogens with one attached hydrogen (secondary N) is 1. The molecule has 0 unspecified atom stereocenters. The van der Waals surface area contributed by atoms with Crippen molar-refractivity contribution in [1.82, 2.24) is 4.31 Å². The maximum Gasteiger partial charge on any atom is 0.255 e. The van der Waals surface area contributed by atoms with Gasteiger partial charge in [-0.05, 0) is 65.4 Å². The highest BCUT2D eigenvalue weighted by molar-refractivity contribution is 14.1. The number of anilines is 1. The van der Waals surface area contributed by atoms with Crippen LogP contribution >= 0.6 is 22.6 Å². The second kappa shape index (κ2) is 6.98. The van der Waals surface area contributed by atoms with E-state index in [4.69, 9.17) is 0 Å². The van der Waals surface area contributed by atoms with E-state index < -0.39 is 10.0 Å². The minimum atomic E-state index is -3.54. The molecule has 0 heterocycles. The number of nitrogens with zero attached hydrogens (tertiary/aromatic N) is 1. The first-order valence-corrected chi connectivity index (χ1v) is 9.34. The lowest BCUT2D eigenvalue weighted by atomic mass is 10.1. The quantitative estimate of drug-likeness (QED) is 0.738. The molecule has 2 rings (SSSR count). The Morgan fingerprint density at radius 1 is 1.13 bits per heavy atom. The monoisotopic (exact) mass is 444 g/mol. The minimum absolute atomic E-state index is 0.144. The number of rotatable bonds is 4. The Kier molecular flexibility index (Phi) is 5.43. The molecule has 0 aliphatic heterocycles. The zero-order valence-electron chi connectivity index (χ0n) is 13.0. The van der Waals surface area contributed by atoms with Crippen LogP contribution in [0.25, 0.3) is 0 Å². The summed E-state index contributed by atoms with van der Waals surface area (Å²) >= 11 is 2.13. The number of hydrogen-bond donors (Lipinski definition) is 1. The van der Waals surface area contributed by atoms with Crippen molar-refractivity contribution >= 4 is 44.2 Å². The first kappa shape index (κ1) is 17.9. The van der Waals surface area contributed by atoms with Crippen LogP contribution in [0.1, 0.15) is 15.9 Å². The molecule has 0 atom stereocenters. The highest BCUT2D eigenvalue weighted by atomic mass is 127. The van der Waals surface area contributed by atoms with E-state index in [1.807, 2.05) is 13.0 Å². The van der Waals surface area contributed by atoms with E-state index in [0.717, 1.165) is 13.4 Å². The Labute approximate surface area is 149 Å². The van der Waals surface area contributed by atoms with Gasteiger partial charge in [0.2, 0.25) is 10.0 Å². The SMILES string of the molecule is Cc1ccc(S(=O)(=O)N(C)C)cc1NC(=O)c1cccc(I)c1. The summed E-state index contributed by atoms with van der Waals surface area (Å²) in [7, 11) is -0.599. The zero-order valence-corrected chi connectivity index (χ0v) is 16.0. The first-order chi connectivity index (χ1) is 10.7. The van der Waals surface area contributed by atoms with Gasteiger partial charge in [-0.15, -0.1) is 0 Å². The fourth-order valence-electron chi connectivity index (χ4n) is 1.93. The molecule has 0 aliphatic carbocycles. The zero-order chi connectivity index (χ0) is 17.2. The van der Waals surface area contributed by atoms with E-state index >= 15 is 0 Å². The maximum absolute atomic E-state index is 12.3. The Balaban J connectivity index is 2.35. The van der Waals surface area contributed by atoms with Gasteiger partial charge >= 0.3 is 0 Å². The Hall–Kier alpha value is -1.45. The summed E-state index contributed by atoms with van der Waals surface area (Å²) in [5, 5.41) is 2.78. The highest BCUT2D eigenvalue weighted by Gasteiger charge is 2.19. The molecule has 0 bridgehead atoms. The summed E-state index contributed by atoms with van der Waals surface area (Å²) in [6.07, 6.45) is 0. The third-order valence-corrected chi connectivity index (χ3v) is 5.80. The molecule has 0 aromatic heterocycles. The number of hydrogen-bond acceptors (Lipinski definition) is 3. The molecular weight excluding hydrogens is 427 g/mol. The number of sulfonamides is 1. The lowest BCUT2D eigenvalue weighted by Crippen LogP contribution is -2.22. The number of aryl methyl sites for hydroxylation is 1. The van der Waals surface area contributed by atoms with Gasteiger partial charge in [-0.2, -0.15) is 0 Å². The third kappa shape index (κ3) is 4.10. The van der Waals surface area contributed by atoms with Crippen LogP contribution < -0.4 is 5.32 Å². The van der Waals surface area contributed by atoms with Crippen LogP contribution in [-0.4, -0.2) is 32.7 Å². The highest BCUT2D eigenvalue weighted by Crippen LogP contribution is 2.22. The predicted molar refractivity (Wildman–Crippen MR) is 99.2 cm³/mol. The van der Waals surface area contributed by atoms with Crippen molar-refractivity contribution in [3.8, 4) is 0 Å². The van der Waals surface area contributed by atoms with Crippen molar-refractivity contribution in [2.45, 2.75) is 11.8 Å². The van der Waals surface area contributed by atoms with Crippen molar-refractivity contribution in [3.05, 3.63) is 57.2 Å². The van der Waals surface area contributed by atoms with Crippen molar-refractivity contribution in [3.63, 3.8) is 0 Å². The summed E-state index contributed by atoms with van der Waals surface area (Å²) in [4.78, 5) is 12.5. The third-order valence-electron chi connectivity index (χ3n) is 3.32. The van der Waals surface area contributed by atoms with Gasteiger partial charge < -0.3 is 5.32 Å². The number of halogens is 1. The molecule has 0 radical (unpaired) electrons. The molecule has 5 nitrogen and oxygen atoms in total. The van der Waals surface area contributed by atoms with Gasteiger partial charge in [-0.1, -0.05) is 12.1 Å². The van der Waals surface area contributed by atoms with Crippen molar-refractivity contribution in [2.24, 2.45) is 0 Å². The van der Waals surface area contributed by atoms with Crippen LogP contribution in [0.15, 0.2) is 47.4 Å². The molecule has 122 valence electrons. The van der Waals surface area contributed by atoms with Crippen LogP contribution in [0, 0.1) is 10.5 Å². The second-order valence-electron chi connectivity index (χ2n) is 5.23. The average molecular weight is 444 g/mol. The number of benzene rings is 2. The lowest BCUT2D eigenvalue weighted by molar-refractivity contribution is 0.102. The van der Waals surface area contributed by atoms with Gasteiger partial charge in [0, 0.05) is 28.9 Å². The normalized spacial score (nSPS) is 11.5. The van der Waals surface area contributed by atoms with Gasteiger partial charge in [0.25, 0.3) is 5.91 Å². The van der Waals surface area contributed by atoms with E-state index in [9.17, 15) is 13.2 Å². The number of carbonyl (C=O) groups excluding carboxylic acids is 1. The summed E-state index contributed by atoms with van der Waals surface area (Å²) in [6, 6.07) is 11.9. The van der Waals surface area contributed by atoms with Crippen molar-refractivity contribution in [1.29, 1.82) is 0 Å². The second-order valence-corrected chi connectivity index (χ2v) is 8.63.